The summed E-state index contributed by atoms with van der Waals surface area (Å²) in [5.74, 6) is 0. The number of nitrogens with one attached hydrogen (secondary N) is 1. The summed E-state index contributed by atoms with van der Waals surface area (Å²) in [7, 11) is -1.72. The lowest BCUT2D eigenvalue weighted by molar-refractivity contribution is 0.300. The van der Waals surface area contributed by atoms with E-state index in [0.717, 1.165) is 31.5 Å². The van der Waals surface area contributed by atoms with Crippen molar-refractivity contribution in [3.63, 3.8) is 0 Å². The molecule has 0 amide bonds. The minimum absolute atomic E-state index is 0.0292. The Bertz CT molecular complexity index is 567. The first-order valence-corrected chi connectivity index (χ1v) is 8.96. The lowest BCUT2D eigenvalue weighted by atomic mass is 9.87. The molecular formula is C16H26N2O2S. The monoisotopic (exact) mass is 310 g/mol. The second-order valence-electron chi connectivity index (χ2n) is 6.80. The van der Waals surface area contributed by atoms with Gasteiger partial charge in [0.1, 0.15) is 0 Å². The topological polar surface area (TPSA) is 49.4 Å². The zero-order chi connectivity index (χ0) is 15.7. The van der Waals surface area contributed by atoms with Crippen molar-refractivity contribution in [1.29, 1.82) is 0 Å². The number of piperidine rings is 1. The molecule has 5 heteroatoms. The van der Waals surface area contributed by atoms with E-state index in [2.05, 4.69) is 26.1 Å². The van der Waals surface area contributed by atoms with Crippen molar-refractivity contribution in [2.45, 2.75) is 50.0 Å². The summed E-state index contributed by atoms with van der Waals surface area (Å²) >= 11 is 0. The fourth-order valence-electron chi connectivity index (χ4n) is 2.63. The van der Waals surface area contributed by atoms with Crippen molar-refractivity contribution < 1.29 is 8.42 Å². The number of benzene rings is 1. The van der Waals surface area contributed by atoms with Crippen LogP contribution in [-0.4, -0.2) is 38.9 Å². The van der Waals surface area contributed by atoms with Crippen LogP contribution in [0, 0.1) is 0 Å². The molecule has 1 aromatic carbocycles. The molecule has 0 saturated carbocycles. The van der Waals surface area contributed by atoms with E-state index in [-0.39, 0.29) is 11.5 Å². The Labute approximate surface area is 128 Å². The molecule has 1 aliphatic heterocycles. The standard InChI is InChI=1S/C16H26N2O2S/c1-16(2,3)13-7-9-15(10-8-13)21(19,20)18(4)14-6-5-11-17-12-14/h7-10,14,17H,5-6,11-12H2,1-4H3. The Morgan fingerprint density at radius 3 is 2.29 bits per heavy atom. The van der Waals surface area contributed by atoms with E-state index < -0.39 is 10.0 Å². The molecule has 1 saturated heterocycles. The first kappa shape index (κ1) is 16.5. The SMILES string of the molecule is CN(C1CCCNC1)S(=O)(=O)c1ccc(C(C)(C)C)cc1. The minimum Gasteiger partial charge on any atom is -0.315 e. The Morgan fingerprint density at radius 2 is 1.81 bits per heavy atom. The number of sulfonamides is 1. The third kappa shape index (κ3) is 3.65. The Morgan fingerprint density at radius 1 is 1.19 bits per heavy atom. The van der Waals surface area contributed by atoms with Crippen molar-refractivity contribution in [2.75, 3.05) is 20.1 Å². The second kappa shape index (κ2) is 6.07. The van der Waals surface area contributed by atoms with Crippen LogP contribution in [0.1, 0.15) is 39.2 Å². The number of hydrogen-bond donors (Lipinski definition) is 1. The van der Waals surface area contributed by atoms with Gasteiger partial charge in [0.05, 0.1) is 4.90 Å². The maximum atomic E-state index is 12.7. The van der Waals surface area contributed by atoms with Gasteiger partial charge in [0.15, 0.2) is 0 Å². The molecule has 21 heavy (non-hydrogen) atoms. The number of likely N-dealkylation sites (N-methyl/N-ethyl adjacent to an activating group) is 1. The molecule has 1 aliphatic rings. The van der Waals surface area contributed by atoms with Crippen LogP contribution in [0.3, 0.4) is 0 Å². The fraction of sp³-hybridized carbons (Fsp3) is 0.625. The molecule has 1 heterocycles. The van der Waals surface area contributed by atoms with Gasteiger partial charge < -0.3 is 5.32 Å². The molecule has 118 valence electrons. The van der Waals surface area contributed by atoms with Gasteiger partial charge in [-0.05, 0) is 42.5 Å². The van der Waals surface area contributed by atoms with Crippen LogP contribution in [0.25, 0.3) is 0 Å². The van der Waals surface area contributed by atoms with Gasteiger partial charge in [-0.15, -0.1) is 0 Å². The molecule has 1 atom stereocenters. The molecule has 0 spiro atoms. The molecule has 0 radical (unpaired) electrons. The van der Waals surface area contributed by atoms with Gasteiger partial charge in [0, 0.05) is 19.6 Å². The molecule has 0 aliphatic carbocycles. The highest BCUT2D eigenvalue weighted by Gasteiger charge is 2.29. The Hall–Kier alpha value is -0.910. The summed E-state index contributed by atoms with van der Waals surface area (Å²) in [4.78, 5) is 0.378. The van der Waals surface area contributed by atoms with Gasteiger partial charge >= 0.3 is 0 Å². The van der Waals surface area contributed by atoms with E-state index in [4.69, 9.17) is 0 Å². The van der Waals surface area contributed by atoms with Gasteiger partial charge in [-0.25, -0.2) is 8.42 Å². The maximum Gasteiger partial charge on any atom is 0.243 e. The Kier molecular flexibility index (Phi) is 4.76. The van der Waals surface area contributed by atoms with Crippen LogP contribution in [0.15, 0.2) is 29.2 Å². The molecule has 1 fully saturated rings. The van der Waals surface area contributed by atoms with E-state index >= 15 is 0 Å². The highest BCUT2D eigenvalue weighted by molar-refractivity contribution is 7.89. The van der Waals surface area contributed by atoms with E-state index in [9.17, 15) is 8.42 Å². The summed E-state index contributed by atoms with van der Waals surface area (Å²) in [6.45, 7) is 8.07. The molecule has 2 rings (SSSR count). The first-order chi connectivity index (χ1) is 9.73. The second-order valence-corrected chi connectivity index (χ2v) is 8.79. The summed E-state index contributed by atoms with van der Waals surface area (Å²) in [6, 6.07) is 7.33. The zero-order valence-electron chi connectivity index (χ0n) is 13.4. The Balaban J connectivity index is 2.22. The van der Waals surface area contributed by atoms with Gasteiger partial charge in [-0.3, -0.25) is 0 Å². The molecule has 1 N–H and O–H groups in total. The summed E-state index contributed by atoms with van der Waals surface area (Å²) in [5.41, 5.74) is 1.17. The normalized spacial score (nSPS) is 20.7. The molecule has 4 nitrogen and oxygen atoms in total. The van der Waals surface area contributed by atoms with Gasteiger partial charge in [0.2, 0.25) is 10.0 Å². The van der Waals surface area contributed by atoms with Gasteiger partial charge in [0.25, 0.3) is 0 Å². The molecule has 1 unspecified atom stereocenters. The van der Waals surface area contributed by atoms with Crippen LogP contribution in [0.2, 0.25) is 0 Å². The molecular weight excluding hydrogens is 284 g/mol. The predicted octanol–water partition coefficient (Wildman–Crippen LogP) is 2.36. The molecule has 0 aromatic heterocycles. The number of hydrogen-bond acceptors (Lipinski definition) is 3. The van der Waals surface area contributed by atoms with E-state index in [1.807, 2.05) is 12.1 Å². The van der Waals surface area contributed by atoms with Crippen molar-refractivity contribution in [3.05, 3.63) is 29.8 Å². The lowest BCUT2D eigenvalue weighted by Crippen LogP contribution is -2.46. The van der Waals surface area contributed by atoms with Crippen molar-refractivity contribution in [2.24, 2.45) is 0 Å². The largest absolute Gasteiger partial charge is 0.315 e. The third-order valence-corrected chi connectivity index (χ3v) is 6.11. The van der Waals surface area contributed by atoms with Crippen LogP contribution in [0.4, 0.5) is 0 Å². The first-order valence-electron chi connectivity index (χ1n) is 7.52. The summed E-state index contributed by atoms with van der Waals surface area (Å²) < 4.78 is 26.9. The van der Waals surface area contributed by atoms with E-state index in [1.54, 1.807) is 19.2 Å². The predicted molar refractivity (Wildman–Crippen MR) is 86.0 cm³/mol. The van der Waals surface area contributed by atoms with Gasteiger partial charge in [-0.1, -0.05) is 32.9 Å². The molecule has 0 bridgehead atoms. The van der Waals surface area contributed by atoms with E-state index in [0.29, 0.717) is 4.90 Å². The summed E-state index contributed by atoms with van der Waals surface area (Å²) in [6.07, 6.45) is 1.94. The van der Waals surface area contributed by atoms with Crippen LogP contribution < -0.4 is 5.32 Å². The minimum atomic E-state index is -3.41. The maximum absolute atomic E-state index is 12.7. The van der Waals surface area contributed by atoms with Gasteiger partial charge in [-0.2, -0.15) is 4.31 Å². The molecule has 1 aromatic rings. The summed E-state index contributed by atoms with van der Waals surface area (Å²) in [5, 5.41) is 3.26. The highest BCUT2D eigenvalue weighted by Crippen LogP contribution is 2.25. The fourth-order valence-corrected chi connectivity index (χ4v) is 4.02. The van der Waals surface area contributed by atoms with Crippen molar-refractivity contribution in [1.82, 2.24) is 9.62 Å². The quantitative estimate of drug-likeness (QED) is 0.932. The average Bonchev–Trinajstić information content (AvgIpc) is 2.46. The zero-order valence-corrected chi connectivity index (χ0v) is 14.2. The highest BCUT2D eigenvalue weighted by atomic mass is 32.2. The van der Waals surface area contributed by atoms with Crippen LogP contribution >= 0.6 is 0 Å². The average molecular weight is 310 g/mol. The van der Waals surface area contributed by atoms with Crippen LogP contribution in [-0.2, 0) is 15.4 Å². The van der Waals surface area contributed by atoms with Crippen molar-refractivity contribution >= 4 is 10.0 Å². The van der Waals surface area contributed by atoms with Crippen LogP contribution in [0.5, 0.6) is 0 Å². The smallest absolute Gasteiger partial charge is 0.243 e. The van der Waals surface area contributed by atoms with E-state index in [1.165, 1.54) is 4.31 Å². The lowest BCUT2D eigenvalue weighted by Gasteiger charge is -2.31. The third-order valence-electron chi connectivity index (χ3n) is 4.18. The number of nitrogens with zero attached hydrogens (tertiary/aromatic N) is 1. The van der Waals surface area contributed by atoms with Crippen molar-refractivity contribution in [3.8, 4) is 0 Å². The number of rotatable bonds is 3.